The molecule has 3 aromatic rings. The normalized spacial score (nSPS) is 13.5. The van der Waals surface area contributed by atoms with E-state index in [9.17, 15) is 14.4 Å². The van der Waals surface area contributed by atoms with E-state index >= 15 is 0 Å². The number of hydrogen-bond donors (Lipinski definition) is 1. The van der Waals surface area contributed by atoms with Crippen molar-refractivity contribution < 1.29 is 9.59 Å². The second-order valence-corrected chi connectivity index (χ2v) is 9.14. The van der Waals surface area contributed by atoms with E-state index in [0.717, 1.165) is 19.3 Å². The smallest absolute Gasteiger partial charge is 0.262 e. The number of fused-ring (bicyclic) bond motifs is 1. The van der Waals surface area contributed by atoms with Crippen LogP contribution < -0.4 is 10.9 Å². The number of rotatable bonds is 8. The molecule has 0 radical (unpaired) electrons. The van der Waals surface area contributed by atoms with Crippen LogP contribution in [0.2, 0.25) is 0 Å². The number of aromatic nitrogens is 2. The fourth-order valence-corrected chi connectivity index (χ4v) is 4.92. The number of thioether (sulfide) groups is 1. The first-order chi connectivity index (χ1) is 16.0. The van der Waals surface area contributed by atoms with Gasteiger partial charge in [-0.3, -0.25) is 19.0 Å². The Morgan fingerprint density at radius 2 is 1.88 bits per heavy atom. The van der Waals surface area contributed by atoms with Crippen molar-refractivity contribution in [2.45, 2.75) is 50.7 Å². The van der Waals surface area contributed by atoms with Crippen LogP contribution in [0, 0.1) is 0 Å². The quantitative estimate of drug-likeness (QED) is 0.215. The molecule has 0 unspecified atom stereocenters. The number of para-hydroxylation sites is 1. The van der Waals surface area contributed by atoms with E-state index in [1.165, 1.54) is 37.1 Å². The van der Waals surface area contributed by atoms with Crippen LogP contribution in [0.4, 0.5) is 5.69 Å². The molecule has 6 nitrogen and oxygen atoms in total. The summed E-state index contributed by atoms with van der Waals surface area (Å²) in [6, 6.07) is 14.2. The van der Waals surface area contributed by atoms with Crippen LogP contribution >= 0.6 is 11.8 Å². The summed E-state index contributed by atoms with van der Waals surface area (Å²) in [7, 11) is 0. The van der Waals surface area contributed by atoms with Crippen LogP contribution in [0.15, 0.2) is 70.1 Å². The third-order valence-electron chi connectivity index (χ3n) is 5.73. The fourth-order valence-electron chi connectivity index (χ4n) is 4.00. The minimum atomic E-state index is -0.158. The Bertz CT molecular complexity index is 1260. The molecule has 0 saturated heterocycles. The standard InChI is InChI=1S/C26H27N3O3S/c1-18(30)27-21-13-11-20(12-14-21)24(31)17-33-26-28-23-10-6-5-9-22(23)25(32)29(26)16-15-19-7-3-2-4-8-19/h5-7,9-14H,2-4,8,15-17H2,1H3,(H,27,30). The van der Waals surface area contributed by atoms with Gasteiger partial charge in [-0.1, -0.05) is 35.5 Å². The molecule has 1 heterocycles. The van der Waals surface area contributed by atoms with Crippen molar-refractivity contribution >= 4 is 40.0 Å². The number of benzene rings is 2. The minimum Gasteiger partial charge on any atom is -0.326 e. The number of carbonyl (C=O) groups is 2. The average molecular weight is 462 g/mol. The summed E-state index contributed by atoms with van der Waals surface area (Å²) >= 11 is 1.29. The van der Waals surface area contributed by atoms with Gasteiger partial charge in [0, 0.05) is 24.7 Å². The second-order valence-electron chi connectivity index (χ2n) is 8.20. The highest BCUT2D eigenvalue weighted by Crippen LogP contribution is 2.23. The summed E-state index contributed by atoms with van der Waals surface area (Å²) in [5, 5.41) is 3.86. The van der Waals surface area contributed by atoms with Gasteiger partial charge in [0.15, 0.2) is 10.9 Å². The van der Waals surface area contributed by atoms with Crippen molar-refractivity contribution in [3.63, 3.8) is 0 Å². The SMILES string of the molecule is CC(=O)Nc1ccc(C(=O)CSc2nc3ccccc3c(=O)n2CCC2=CCCCC2)cc1. The number of carbonyl (C=O) groups excluding carboxylic acids is 2. The zero-order valence-electron chi connectivity index (χ0n) is 18.7. The molecule has 4 rings (SSSR count). The van der Waals surface area contributed by atoms with E-state index in [0.29, 0.717) is 33.9 Å². The van der Waals surface area contributed by atoms with Gasteiger partial charge in [-0.15, -0.1) is 0 Å². The van der Waals surface area contributed by atoms with Crippen LogP contribution in [0.3, 0.4) is 0 Å². The molecular formula is C26H27N3O3S. The van der Waals surface area contributed by atoms with Gasteiger partial charge in [0.25, 0.3) is 5.56 Å². The van der Waals surface area contributed by atoms with E-state index < -0.39 is 0 Å². The van der Waals surface area contributed by atoms with Gasteiger partial charge >= 0.3 is 0 Å². The van der Waals surface area contributed by atoms with Crippen molar-refractivity contribution in [2.24, 2.45) is 0 Å². The maximum Gasteiger partial charge on any atom is 0.262 e. The summed E-state index contributed by atoms with van der Waals surface area (Å²) in [6.45, 7) is 2.00. The highest BCUT2D eigenvalue weighted by molar-refractivity contribution is 7.99. The summed E-state index contributed by atoms with van der Waals surface area (Å²) in [5.41, 5.74) is 3.18. The van der Waals surface area contributed by atoms with Gasteiger partial charge in [0.05, 0.1) is 16.7 Å². The third kappa shape index (κ3) is 5.79. The molecule has 2 aromatic carbocycles. The molecule has 1 aromatic heterocycles. The summed E-state index contributed by atoms with van der Waals surface area (Å²) in [5.74, 6) is -0.0419. The lowest BCUT2D eigenvalue weighted by Crippen LogP contribution is -2.24. The molecule has 0 atom stereocenters. The number of amides is 1. The number of anilines is 1. The van der Waals surface area contributed by atoms with Crippen LogP contribution in [0.5, 0.6) is 0 Å². The summed E-state index contributed by atoms with van der Waals surface area (Å²) < 4.78 is 1.72. The maximum atomic E-state index is 13.2. The number of ketones is 1. The lowest BCUT2D eigenvalue weighted by atomic mass is 9.97. The number of allylic oxidation sites excluding steroid dienone is 2. The van der Waals surface area contributed by atoms with Crippen LogP contribution in [-0.4, -0.2) is 27.0 Å². The zero-order valence-corrected chi connectivity index (χ0v) is 19.5. The van der Waals surface area contributed by atoms with E-state index in [-0.39, 0.29) is 23.0 Å². The second kappa shape index (κ2) is 10.6. The van der Waals surface area contributed by atoms with Gasteiger partial charge in [-0.2, -0.15) is 0 Å². The predicted octanol–water partition coefficient (Wildman–Crippen LogP) is 5.22. The number of Topliss-reactive ketones (excluding diaryl/α,β-unsaturated/α-hetero) is 1. The van der Waals surface area contributed by atoms with Crippen LogP contribution in [-0.2, 0) is 11.3 Å². The topological polar surface area (TPSA) is 81.1 Å². The molecule has 1 amide bonds. The Kier molecular flexibility index (Phi) is 7.40. The van der Waals surface area contributed by atoms with Gasteiger partial charge < -0.3 is 5.32 Å². The highest BCUT2D eigenvalue weighted by atomic mass is 32.2. The van der Waals surface area contributed by atoms with Crippen molar-refractivity contribution in [3.05, 3.63) is 76.1 Å². The number of nitrogens with zero attached hydrogens (tertiary/aromatic N) is 2. The van der Waals surface area contributed by atoms with E-state index in [1.54, 1.807) is 34.9 Å². The first-order valence-corrected chi connectivity index (χ1v) is 12.2. The molecule has 0 spiro atoms. The lowest BCUT2D eigenvalue weighted by Gasteiger charge is -2.16. The highest BCUT2D eigenvalue weighted by Gasteiger charge is 2.15. The monoisotopic (exact) mass is 461 g/mol. The Morgan fingerprint density at radius 3 is 2.61 bits per heavy atom. The van der Waals surface area contributed by atoms with E-state index in [1.807, 2.05) is 18.2 Å². The average Bonchev–Trinajstić information content (AvgIpc) is 2.83. The molecule has 0 bridgehead atoms. The lowest BCUT2D eigenvalue weighted by molar-refractivity contribution is -0.114. The number of hydrogen-bond acceptors (Lipinski definition) is 5. The first kappa shape index (κ1) is 23.0. The molecule has 1 aliphatic rings. The van der Waals surface area contributed by atoms with Gasteiger partial charge in [0.1, 0.15) is 0 Å². The summed E-state index contributed by atoms with van der Waals surface area (Å²) in [6.07, 6.45) is 7.75. The molecule has 1 aliphatic carbocycles. The van der Waals surface area contributed by atoms with E-state index in [2.05, 4.69) is 11.4 Å². The molecule has 0 fully saturated rings. The van der Waals surface area contributed by atoms with Crippen molar-refractivity contribution in [1.82, 2.24) is 9.55 Å². The Morgan fingerprint density at radius 1 is 1.09 bits per heavy atom. The van der Waals surface area contributed by atoms with Gasteiger partial charge in [0.2, 0.25) is 5.91 Å². The van der Waals surface area contributed by atoms with Crippen molar-refractivity contribution in [2.75, 3.05) is 11.1 Å². The largest absolute Gasteiger partial charge is 0.326 e. The van der Waals surface area contributed by atoms with Crippen LogP contribution in [0.25, 0.3) is 10.9 Å². The molecule has 0 aliphatic heterocycles. The van der Waals surface area contributed by atoms with Crippen molar-refractivity contribution in [1.29, 1.82) is 0 Å². The van der Waals surface area contributed by atoms with Crippen LogP contribution in [0.1, 0.15) is 49.4 Å². The molecule has 0 saturated carbocycles. The van der Waals surface area contributed by atoms with Gasteiger partial charge in [-0.25, -0.2) is 4.98 Å². The number of nitrogens with one attached hydrogen (secondary N) is 1. The minimum absolute atomic E-state index is 0.0571. The molecule has 33 heavy (non-hydrogen) atoms. The van der Waals surface area contributed by atoms with Crippen molar-refractivity contribution in [3.8, 4) is 0 Å². The Balaban J connectivity index is 1.54. The summed E-state index contributed by atoms with van der Waals surface area (Å²) in [4.78, 5) is 41.9. The van der Waals surface area contributed by atoms with Gasteiger partial charge in [-0.05, 0) is 68.5 Å². The molecule has 7 heteroatoms. The predicted molar refractivity (Wildman–Crippen MR) is 133 cm³/mol. The molecule has 170 valence electrons. The maximum absolute atomic E-state index is 13.2. The molecule has 1 N–H and O–H groups in total. The Hall–Kier alpha value is -3.19. The molecular weight excluding hydrogens is 434 g/mol. The Labute approximate surface area is 197 Å². The third-order valence-corrected chi connectivity index (χ3v) is 6.70. The van der Waals surface area contributed by atoms with E-state index in [4.69, 9.17) is 4.98 Å². The zero-order chi connectivity index (χ0) is 23.2. The fraction of sp³-hybridized carbons (Fsp3) is 0.308. The first-order valence-electron chi connectivity index (χ1n) is 11.2.